The van der Waals surface area contributed by atoms with E-state index < -0.39 is 5.91 Å². The highest BCUT2D eigenvalue weighted by Gasteiger charge is 1.97. The molecule has 0 unspecified atom stereocenters. The molecular formula is C4H7NO2S. The fourth-order valence-corrected chi connectivity index (χ4v) is 0.357. The minimum absolute atomic E-state index is 0.0336. The van der Waals surface area contributed by atoms with E-state index in [1.165, 1.54) is 7.11 Å². The molecule has 0 saturated heterocycles. The Balaban J connectivity index is 3.40. The molecule has 0 rings (SSSR count). The van der Waals surface area contributed by atoms with E-state index in [2.05, 4.69) is 17.0 Å². The van der Waals surface area contributed by atoms with Gasteiger partial charge >= 0.3 is 0 Å². The lowest BCUT2D eigenvalue weighted by Gasteiger charge is -1.94. The molecule has 1 amide bonds. The monoisotopic (exact) mass is 133 g/mol. The average molecular weight is 133 g/mol. The van der Waals surface area contributed by atoms with Crippen LogP contribution in [0.5, 0.6) is 0 Å². The Morgan fingerprint density at radius 3 is 2.50 bits per heavy atom. The molecule has 0 aliphatic rings. The predicted molar refractivity (Wildman–Crippen MR) is 33.4 cm³/mol. The van der Waals surface area contributed by atoms with Gasteiger partial charge in [-0.15, -0.1) is 0 Å². The second-order valence-electron chi connectivity index (χ2n) is 1.22. The van der Waals surface area contributed by atoms with Crippen molar-refractivity contribution in [2.24, 2.45) is 5.73 Å². The largest absolute Gasteiger partial charge is 0.490 e. The summed E-state index contributed by atoms with van der Waals surface area (Å²) in [6, 6.07) is 0. The summed E-state index contributed by atoms with van der Waals surface area (Å²) < 4.78 is 4.49. The van der Waals surface area contributed by atoms with Crippen molar-refractivity contribution < 1.29 is 9.53 Å². The highest BCUT2D eigenvalue weighted by Crippen LogP contribution is 1.83. The molecule has 3 nitrogen and oxygen atoms in total. The van der Waals surface area contributed by atoms with Crippen LogP contribution in [0.2, 0.25) is 0 Å². The number of hydrogen-bond acceptors (Lipinski definition) is 3. The van der Waals surface area contributed by atoms with Gasteiger partial charge in [0, 0.05) is 0 Å². The van der Waals surface area contributed by atoms with E-state index >= 15 is 0 Å². The quantitative estimate of drug-likeness (QED) is 0.532. The smallest absolute Gasteiger partial charge is 0.225 e. The molecule has 0 radical (unpaired) electrons. The summed E-state index contributed by atoms with van der Waals surface area (Å²) in [6.45, 7) is 0. The molecule has 2 N–H and O–H groups in total. The number of hydrogen-bond donors (Lipinski definition) is 1. The summed E-state index contributed by atoms with van der Waals surface area (Å²) in [5, 5.41) is 0.234. The molecule has 0 aliphatic heterocycles. The van der Waals surface area contributed by atoms with E-state index in [1.807, 2.05) is 0 Å². The molecule has 0 bridgehead atoms. The number of ether oxygens (including phenoxy) is 1. The van der Waals surface area contributed by atoms with Gasteiger partial charge < -0.3 is 10.5 Å². The Morgan fingerprint density at radius 1 is 1.88 bits per heavy atom. The van der Waals surface area contributed by atoms with Gasteiger partial charge in [0.05, 0.1) is 13.5 Å². The number of thiocarbonyl (C=S) groups is 1. The zero-order valence-electron chi connectivity index (χ0n) is 4.51. The molecule has 0 aromatic heterocycles. The SMILES string of the molecule is COC(=S)CC(N)=O. The minimum Gasteiger partial charge on any atom is -0.490 e. The summed E-state index contributed by atoms with van der Waals surface area (Å²) in [4.78, 5) is 10.0. The van der Waals surface area contributed by atoms with Crippen LogP contribution in [0.15, 0.2) is 0 Å². The third-order valence-electron chi connectivity index (χ3n) is 0.546. The zero-order valence-corrected chi connectivity index (χ0v) is 5.33. The van der Waals surface area contributed by atoms with Crippen LogP contribution >= 0.6 is 12.2 Å². The van der Waals surface area contributed by atoms with Crippen molar-refractivity contribution in [1.29, 1.82) is 0 Å². The Bertz CT molecular complexity index is 113. The normalized spacial score (nSPS) is 8.12. The van der Waals surface area contributed by atoms with Gasteiger partial charge in [-0.05, 0) is 12.2 Å². The molecule has 0 aliphatic carbocycles. The van der Waals surface area contributed by atoms with Gasteiger partial charge in [-0.1, -0.05) is 0 Å². The van der Waals surface area contributed by atoms with Crippen LogP contribution in [0, 0.1) is 0 Å². The molecule has 0 aromatic rings. The Hall–Kier alpha value is -0.640. The first-order chi connectivity index (χ1) is 3.66. The third kappa shape index (κ3) is 3.55. The van der Waals surface area contributed by atoms with E-state index in [4.69, 9.17) is 5.73 Å². The second-order valence-corrected chi connectivity index (χ2v) is 1.67. The topological polar surface area (TPSA) is 52.3 Å². The van der Waals surface area contributed by atoms with Crippen molar-refractivity contribution in [3.63, 3.8) is 0 Å². The minimum atomic E-state index is -0.461. The first kappa shape index (κ1) is 7.36. The van der Waals surface area contributed by atoms with E-state index in [0.29, 0.717) is 0 Å². The fraction of sp³-hybridized carbons (Fsp3) is 0.500. The van der Waals surface area contributed by atoms with Gasteiger partial charge in [0.2, 0.25) is 5.91 Å². The number of amides is 1. The van der Waals surface area contributed by atoms with Crippen LogP contribution in [0.4, 0.5) is 0 Å². The van der Waals surface area contributed by atoms with Gasteiger partial charge in [-0.2, -0.15) is 0 Å². The van der Waals surface area contributed by atoms with Gasteiger partial charge in [0.1, 0.15) is 0 Å². The summed E-state index contributed by atoms with van der Waals surface area (Å²) in [7, 11) is 1.41. The second kappa shape index (κ2) is 3.37. The highest BCUT2D eigenvalue weighted by atomic mass is 32.1. The van der Waals surface area contributed by atoms with Gasteiger partial charge in [0.25, 0.3) is 0 Å². The van der Waals surface area contributed by atoms with Crippen LogP contribution in [0.25, 0.3) is 0 Å². The molecule has 0 saturated carbocycles. The molecular weight excluding hydrogens is 126 g/mol. The van der Waals surface area contributed by atoms with Crippen molar-refractivity contribution in [2.45, 2.75) is 6.42 Å². The third-order valence-corrected chi connectivity index (χ3v) is 0.857. The van der Waals surface area contributed by atoms with Crippen molar-refractivity contribution in [3.05, 3.63) is 0 Å². The standard InChI is InChI=1S/C4H7NO2S/c1-7-4(8)2-3(5)6/h2H2,1H3,(H2,5,6). The summed E-state index contributed by atoms with van der Waals surface area (Å²) in [5.41, 5.74) is 4.76. The van der Waals surface area contributed by atoms with Gasteiger partial charge in [-0.3, -0.25) is 4.79 Å². The number of rotatable bonds is 2. The van der Waals surface area contributed by atoms with Crippen LogP contribution in [0.3, 0.4) is 0 Å². The molecule has 0 aromatic carbocycles. The number of nitrogens with two attached hydrogens (primary N) is 1. The van der Waals surface area contributed by atoms with Crippen LogP contribution in [-0.2, 0) is 9.53 Å². The van der Waals surface area contributed by atoms with Crippen LogP contribution < -0.4 is 5.73 Å². The van der Waals surface area contributed by atoms with Gasteiger partial charge in [-0.25, -0.2) is 0 Å². The lowest BCUT2D eigenvalue weighted by atomic mass is 10.4. The van der Waals surface area contributed by atoms with E-state index in [0.717, 1.165) is 0 Å². The summed E-state index contributed by atoms with van der Waals surface area (Å²) in [5.74, 6) is -0.461. The van der Waals surface area contributed by atoms with Crippen LogP contribution in [0.1, 0.15) is 6.42 Å². The van der Waals surface area contributed by atoms with Gasteiger partial charge in [0.15, 0.2) is 5.05 Å². The Labute approximate surface area is 52.8 Å². The van der Waals surface area contributed by atoms with E-state index in [1.54, 1.807) is 0 Å². The number of primary amides is 1. The lowest BCUT2D eigenvalue weighted by Crippen LogP contribution is -2.15. The zero-order chi connectivity index (χ0) is 6.57. The molecule has 4 heteroatoms. The first-order valence-electron chi connectivity index (χ1n) is 2.02. The van der Waals surface area contributed by atoms with Crippen molar-refractivity contribution in [2.75, 3.05) is 7.11 Å². The predicted octanol–water partition coefficient (Wildman–Crippen LogP) is -0.164. The van der Waals surface area contributed by atoms with Crippen molar-refractivity contribution in [1.82, 2.24) is 0 Å². The first-order valence-corrected chi connectivity index (χ1v) is 2.42. The molecule has 46 valence electrons. The number of carbonyl (C=O) groups is 1. The van der Waals surface area contributed by atoms with Crippen LogP contribution in [-0.4, -0.2) is 18.1 Å². The highest BCUT2D eigenvalue weighted by molar-refractivity contribution is 7.80. The van der Waals surface area contributed by atoms with Crippen molar-refractivity contribution >= 4 is 23.2 Å². The summed E-state index contributed by atoms with van der Waals surface area (Å²) >= 11 is 4.51. The fourth-order valence-electron chi connectivity index (χ4n) is 0.214. The molecule has 0 fully saturated rings. The molecule has 0 spiro atoms. The van der Waals surface area contributed by atoms with E-state index in [9.17, 15) is 4.79 Å². The summed E-state index contributed by atoms with van der Waals surface area (Å²) in [6.07, 6.45) is 0.0336. The maximum absolute atomic E-state index is 10.0. The lowest BCUT2D eigenvalue weighted by molar-refractivity contribution is -0.117. The maximum Gasteiger partial charge on any atom is 0.225 e. The number of carbonyl (C=O) groups excluding carboxylic acids is 1. The number of methoxy groups -OCH3 is 1. The van der Waals surface area contributed by atoms with E-state index in [-0.39, 0.29) is 11.5 Å². The van der Waals surface area contributed by atoms with Crippen molar-refractivity contribution in [3.8, 4) is 0 Å². The molecule has 8 heavy (non-hydrogen) atoms. The molecule has 0 atom stereocenters. The average Bonchev–Trinajstić information content (AvgIpc) is 1.65. The Kier molecular flexibility index (Phi) is 3.10. The molecule has 0 heterocycles. The Morgan fingerprint density at radius 2 is 2.38 bits per heavy atom. The maximum atomic E-state index is 10.0.